The fourth-order valence-corrected chi connectivity index (χ4v) is 2.87. The highest BCUT2D eigenvalue weighted by atomic mass is 32.1. The third kappa shape index (κ3) is 3.04. The van der Waals surface area contributed by atoms with Gasteiger partial charge in [-0.05, 0) is 29.6 Å². The van der Waals surface area contributed by atoms with Gasteiger partial charge in [0, 0.05) is 18.0 Å². The molecule has 0 aliphatic rings. The van der Waals surface area contributed by atoms with Gasteiger partial charge in [-0.15, -0.1) is 11.3 Å². The molecule has 0 bridgehead atoms. The summed E-state index contributed by atoms with van der Waals surface area (Å²) in [5.41, 5.74) is 1.22. The number of esters is 2. The molecule has 0 radical (unpaired) electrons. The molecule has 7 heteroatoms. The van der Waals surface area contributed by atoms with Crippen molar-refractivity contribution in [1.82, 2.24) is 4.57 Å². The molecule has 23 heavy (non-hydrogen) atoms. The Morgan fingerprint density at radius 3 is 2.74 bits per heavy atom. The van der Waals surface area contributed by atoms with Gasteiger partial charge in [0.2, 0.25) is 5.76 Å². The normalized spacial score (nSPS) is 10.5. The summed E-state index contributed by atoms with van der Waals surface area (Å²) in [6, 6.07) is 7.17. The van der Waals surface area contributed by atoms with Gasteiger partial charge in [-0.3, -0.25) is 0 Å². The number of rotatable bonds is 5. The van der Waals surface area contributed by atoms with Crippen LogP contribution in [0.3, 0.4) is 0 Å². The summed E-state index contributed by atoms with van der Waals surface area (Å²) in [6.07, 6.45) is 5.06. The fraction of sp³-hybridized carbons (Fsp3) is 0.125. The molecular weight excluding hydrogens is 318 g/mol. The minimum atomic E-state index is -0.606. The molecule has 0 amide bonds. The lowest BCUT2D eigenvalue weighted by Gasteiger charge is -2.06. The predicted molar refractivity (Wildman–Crippen MR) is 82.8 cm³/mol. The summed E-state index contributed by atoms with van der Waals surface area (Å²) in [5.74, 6) is -1.02. The van der Waals surface area contributed by atoms with E-state index in [1.54, 1.807) is 6.07 Å². The Morgan fingerprint density at radius 2 is 2.00 bits per heavy atom. The maximum absolute atomic E-state index is 12.3. The SMILES string of the molecule is COC(=O)c1occc1COC(=O)c1sccc1-n1cccc1. The summed E-state index contributed by atoms with van der Waals surface area (Å²) >= 11 is 1.30. The standard InChI is InChI=1S/C16H13NO5S/c1-20-15(18)13-11(4-8-21-13)10-22-16(19)14-12(5-9-23-14)17-6-2-3-7-17/h2-9H,10H2,1H3. The Morgan fingerprint density at radius 1 is 1.22 bits per heavy atom. The zero-order chi connectivity index (χ0) is 16.2. The van der Waals surface area contributed by atoms with Crippen molar-refractivity contribution < 1.29 is 23.5 Å². The van der Waals surface area contributed by atoms with Crippen molar-refractivity contribution in [2.75, 3.05) is 7.11 Å². The third-order valence-corrected chi connectivity index (χ3v) is 4.07. The van der Waals surface area contributed by atoms with Crippen LogP contribution >= 0.6 is 11.3 Å². The zero-order valence-corrected chi connectivity index (χ0v) is 13.0. The van der Waals surface area contributed by atoms with Crippen LogP contribution in [-0.4, -0.2) is 23.6 Å². The summed E-state index contributed by atoms with van der Waals surface area (Å²) in [7, 11) is 1.26. The molecule has 0 aliphatic heterocycles. The summed E-state index contributed by atoms with van der Waals surface area (Å²) < 4.78 is 16.8. The van der Waals surface area contributed by atoms with Gasteiger partial charge in [0.05, 0.1) is 19.1 Å². The first kappa shape index (κ1) is 15.1. The molecule has 3 aromatic rings. The zero-order valence-electron chi connectivity index (χ0n) is 12.2. The van der Waals surface area contributed by atoms with E-state index in [1.165, 1.54) is 24.7 Å². The minimum absolute atomic E-state index is 0.0390. The van der Waals surface area contributed by atoms with Gasteiger partial charge >= 0.3 is 11.9 Å². The van der Waals surface area contributed by atoms with Crippen molar-refractivity contribution in [3.8, 4) is 5.69 Å². The molecule has 3 aromatic heterocycles. The molecule has 0 aliphatic carbocycles. The van der Waals surface area contributed by atoms with Crippen LogP contribution in [0.2, 0.25) is 0 Å². The smallest absolute Gasteiger partial charge is 0.374 e. The number of thiophene rings is 1. The second-order valence-electron chi connectivity index (χ2n) is 4.57. The lowest BCUT2D eigenvalue weighted by molar-refractivity contribution is 0.0458. The monoisotopic (exact) mass is 331 g/mol. The Kier molecular flexibility index (Phi) is 4.29. The topological polar surface area (TPSA) is 70.7 Å². The Bertz CT molecular complexity index is 815. The quantitative estimate of drug-likeness (QED) is 0.671. The van der Waals surface area contributed by atoms with Crippen molar-refractivity contribution >= 4 is 23.3 Å². The number of ether oxygens (including phenoxy) is 2. The molecule has 0 atom stereocenters. The van der Waals surface area contributed by atoms with E-state index in [-0.39, 0.29) is 12.4 Å². The average Bonchev–Trinajstić information content (AvgIpc) is 3.31. The maximum atomic E-state index is 12.3. The van der Waals surface area contributed by atoms with Crippen molar-refractivity contribution in [1.29, 1.82) is 0 Å². The van der Waals surface area contributed by atoms with E-state index in [0.29, 0.717) is 10.4 Å². The summed E-state index contributed by atoms with van der Waals surface area (Å²) in [4.78, 5) is 24.3. The van der Waals surface area contributed by atoms with E-state index in [0.717, 1.165) is 5.69 Å². The van der Waals surface area contributed by atoms with Gasteiger partial charge in [0.25, 0.3) is 0 Å². The first-order chi connectivity index (χ1) is 11.2. The predicted octanol–water partition coefficient (Wildman–Crippen LogP) is 3.28. The van der Waals surface area contributed by atoms with Crippen molar-refractivity contribution in [3.05, 3.63) is 64.5 Å². The van der Waals surface area contributed by atoms with E-state index >= 15 is 0 Å². The van der Waals surface area contributed by atoms with Gasteiger partial charge in [-0.1, -0.05) is 0 Å². The highest BCUT2D eigenvalue weighted by Gasteiger charge is 2.20. The molecule has 3 rings (SSSR count). The number of hydrogen-bond donors (Lipinski definition) is 0. The number of carbonyl (C=O) groups excluding carboxylic acids is 2. The molecule has 0 N–H and O–H groups in total. The van der Waals surface area contributed by atoms with Gasteiger partial charge in [0.15, 0.2) is 0 Å². The van der Waals surface area contributed by atoms with Gasteiger partial charge in [-0.25, -0.2) is 9.59 Å². The maximum Gasteiger partial charge on any atom is 0.374 e. The van der Waals surface area contributed by atoms with Crippen LogP contribution in [0.5, 0.6) is 0 Å². The summed E-state index contributed by atoms with van der Waals surface area (Å²) in [6.45, 7) is -0.0667. The van der Waals surface area contributed by atoms with Crippen molar-refractivity contribution in [2.45, 2.75) is 6.61 Å². The van der Waals surface area contributed by atoms with Crippen LogP contribution in [0, 0.1) is 0 Å². The lowest BCUT2D eigenvalue weighted by Crippen LogP contribution is -2.09. The van der Waals surface area contributed by atoms with Crippen molar-refractivity contribution in [2.24, 2.45) is 0 Å². The molecule has 6 nitrogen and oxygen atoms in total. The van der Waals surface area contributed by atoms with E-state index < -0.39 is 11.9 Å². The van der Waals surface area contributed by atoms with Crippen LogP contribution in [0.1, 0.15) is 25.8 Å². The van der Waals surface area contributed by atoms with E-state index in [4.69, 9.17) is 9.15 Å². The van der Waals surface area contributed by atoms with Crippen LogP contribution in [0.25, 0.3) is 5.69 Å². The van der Waals surface area contributed by atoms with Crippen molar-refractivity contribution in [3.63, 3.8) is 0 Å². The number of furan rings is 1. The van der Waals surface area contributed by atoms with Gasteiger partial charge < -0.3 is 18.5 Å². The molecule has 0 spiro atoms. The molecule has 118 valence electrons. The largest absolute Gasteiger partial charge is 0.463 e. The molecule has 3 heterocycles. The van der Waals surface area contributed by atoms with E-state index in [2.05, 4.69) is 4.74 Å². The molecule has 0 unspecified atom stereocenters. The summed E-state index contributed by atoms with van der Waals surface area (Å²) in [5, 5.41) is 1.82. The third-order valence-electron chi connectivity index (χ3n) is 3.19. The van der Waals surface area contributed by atoms with E-state index in [1.807, 2.05) is 40.5 Å². The molecule has 0 saturated heterocycles. The molecule has 0 saturated carbocycles. The molecule has 0 fully saturated rings. The molecule has 0 aromatic carbocycles. The Labute approximate surface area is 135 Å². The Balaban J connectivity index is 1.73. The highest BCUT2D eigenvalue weighted by Crippen LogP contribution is 2.23. The van der Waals surface area contributed by atoms with Crippen LogP contribution in [0.15, 0.2) is 52.7 Å². The van der Waals surface area contributed by atoms with Crippen LogP contribution < -0.4 is 0 Å². The van der Waals surface area contributed by atoms with Crippen LogP contribution in [-0.2, 0) is 16.1 Å². The van der Waals surface area contributed by atoms with Crippen LogP contribution in [0.4, 0.5) is 0 Å². The lowest BCUT2D eigenvalue weighted by atomic mass is 10.2. The fourth-order valence-electron chi connectivity index (χ4n) is 2.08. The minimum Gasteiger partial charge on any atom is -0.463 e. The van der Waals surface area contributed by atoms with Gasteiger partial charge in [-0.2, -0.15) is 0 Å². The number of aromatic nitrogens is 1. The second kappa shape index (κ2) is 6.53. The number of carbonyl (C=O) groups is 2. The average molecular weight is 331 g/mol. The van der Waals surface area contributed by atoms with Gasteiger partial charge in [0.1, 0.15) is 11.5 Å². The Hall–Kier alpha value is -2.80. The number of nitrogens with zero attached hydrogens (tertiary/aromatic N) is 1. The first-order valence-electron chi connectivity index (χ1n) is 6.73. The number of hydrogen-bond acceptors (Lipinski definition) is 6. The second-order valence-corrected chi connectivity index (χ2v) is 5.48. The van der Waals surface area contributed by atoms with E-state index in [9.17, 15) is 9.59 Å². The first-order valence-corrected chi connectivity index (χ1v) is 7.61. The molecular formula is C16H13NO5S. The highest BCUT2D eigenvalue weighted by molar-refractivity contribution is 7.12. The number of methoxy groups -OCH3 is 1.